The molecular weight excluding hydrogens is 456 g/mol. The van der Waals surface area contributed by atoms with Crippen molar-refractivity contribution < 1.29 is 29.3 Å². The van der Waals surface area contributed by atoms with E-state index in [1.54, 1.807) is 43.6 Å². The summed E-state index contributed by atoms with van der Waals surface area (Å²) in [7, 11) is 1.56. The highest BCUT2D eigenvalue weighted by Gasteiger charge is 2.36. The number of methoxy groups -OCH3 is 1. The molecule has 0 fully saturated rings. The number of hydrogen-bond donors (Lipinski definition) is 2. The topological polar surface area (TPSA) is 117 Å². The molecule has 3 heterocycles. The number of hydrogen-bond acceptors (Lipinski definition) is 7. The van der Waals surface area contributed by atoms with E-state index in [2.05, 4.69) is 4.98 Å². The van der Waals surface area contributed by atoms with Gasteiger partial charge in [-0.3, -0.25) is 19.3 Å². The second-order valence-electron chi connectivity index (χ2n) is 8.04. The molecule has 1 aromatic carbocycles. The van der Waals surface area contributed by atoms with Crippen LogP contribution in [0.5, 0.6) is 5.88 Å². The van der Waals surface area contributed by atoms with Crippen LogP contribution in [0.15, 0.2) is 54.0 Å². The summed E-state index contributed by atoms with van der Waals surface area (Å²) in [5.41, 5.74) is 2.57. The summed E-state index contributed by atoms with van der Waals surface area (Å²) < 4.78 is 5.07. The van der Waals surface area contributed by atoms with Crippen LogP contribution in [0.2, 0.25) is 0 Å². The Morgan fingerprint density at radius 1 is 1.09 bits per heavy atom. The number of carbonyl (C=O) groups is 3. The van der Waals surface area contributed by atoms with Gasteiger partial charge in [0, 0.05) is 29.2 Å². The first kappa shape index (κ1) is 23.6. The highest BCUT2D eigenvalue weighted by molar-refractivity contribution is 7.10. The van der Waals surface area contributed by atoms with Crippen LogP contribution in [0.4, 0.5) is 0 Å². The van der Waals surface area contributed by atoms with E-state index in [-0.39, 0.29) is 19.4 Å². The third-order valence-corrected chi connectivity index (χ3v) is 6.94. The van der Waals surface area contributed by atoms with Crippen LogP contribution in [0, 0.1) is 5.92 Å². The predicted octanol–water partition coefficient (Wildman–Crippen LogP) is 3.50. The zero-order chi connectivity index (χ0) is 24.2. The summed E-state index contributed by atoms with van der Waals surface area (Å²) in [6.07, 6.45) is 1.35. The number of carboxylic acid groups (broad SMARTS) is 1. The van der Waals surface area contributed by atoms with Gasteiger partial charge in [-0.2, -0.15) is 0 Å². The van der Waals surface area contributed by atoms with Crippen molar-refractivity contribution in [3.05, 3.63) is 70.0 Å². The van der Waals surface area contributed by atoms with Crippen LogP contribution in [0.1, 0.15) is 38.4 Å². The van der Waals surface area contributed by atoms with Crippen LogP contribution in [0.25, 0.3) is 11.1 Å². The lowest BCUT2D eigenvalue weighted by molar-refractivity contribution is -0.146. The van der Waals surface area contributed by atoms with Gasteiger partial charge < -0.3 is 14.9 Å². The molecule has 9 heteroatoms. The Morgan fingerprint density at radius 3 is 2.38 bits per heavy atom. The van der Waals surface area contributed by atoms with Crippen molar-refractivity contribution in [1.82, 2.24) is 9.88 Å². The summed E-state index contributed by atoms with van der Waals surface area (Å²) in [5, 5.41) is 22.3. The van der Waals surface area contributed by atoms with Crippen LogP contribution in [-0.4, -0.2) is 57.6 Å². The van der Waals surface area contributed by atoms with Gasteiger partial charge in [0.25, 0.3) is 11.8 Å². The Hall–Kier alpha value is -3.56. The van der Waals surface area contributed by atoms with Gasteiger partial charge in [0.1, 0.15) is 0 Å². The summed E-state index contributed by atoms with van der Waals surface area (Å²) in [5.74, 6) is -2.57. The Kier molecular flexibility index (Phi) is 7.04. The minimum absolute atomic E-state index is 0.0187. The number of aryl methyl sites for hydroxylation is 1. The van der Waals surface area contributed by atoms with Crippen molar-refractivity contribution >= 4 is 29.1 Å². The number of imide groups is 1. The number of amides is 2. The van der Waals surface area contributed by atoms with Gasteiger partial charge in [0.15, 0.2) is 0 Å². The Labute approximate surface area is 200 Å². The fourth-order valence-electron chi connectivity index (χ4n) is 4.02. The van der Waals surface area contributed by atoms with Gasteiger partial charge in [-0.05, 0) is 54.5 Å². The molecule has 0 spiro atoms. The number of nitrogens with zero attached hydrogens (tertiary/aromatic N) is 2. The molecule has 2 aromatic heterocycles. The molecule has 2 amide bonds. The first-order valence-corrected chi connectivity index (χ1v) is 11.7. The van der Waals surface area contributed by atoms with E-state index >= 15 is 0 Å². The Morgan fingerprint density at radius 2 is 1.79 bits per heavy atom. The maximum atomic E-state index is 12.5. The predicted molar refractivity (Wildman–Crippen MR) is 126 cm³/mol. The number of ether oxygens (including phenoxy) is 1. The lowest BCUT2D eigenvalue weighted by Gasteiger charge is -2.21. The van der Waals surface area contributed by atoms with Gasteiger partial charge in [-0.15, -0.1) is 11.3 Å². The largest absolute Gasteiger partial charge is 0.481 e. The number of rotatable bonds is 10. The van der Waals surface area contributed by atoms with E-state index in [1.807, 2.05) is 17.5 Å². The van der Waals surface area contributed by atoms with Crippen molar-refractivity contribution in [2.45, 2.75) is 25.4 Å². The molecule has 2 atom stereocenters. The number of pyridine rings is 1. The minimum Gasteiger partial charge on any atom is -0.481 e. The van der Waals surface area contributed by atoms with Gasteiger partial charge in [-0.1, -0.05) is 12.1 Å². The van der Waals surface area contributed by atoms with Crippen LogP contribution in [-0.2, 0) is 11.2 Å². The second kappa shape index (κ2) is 10.1. The number of aliphatic carboxylic acids is 1. The van der Waals surface area contributed by atoms with Crippen molar-refractivity contribution in [1.29, 1.82) is 0 Å². The number of aromatic nitrogens is 1. The average molecular weight is 481 g/mol. The van der Waals surface area contributed by atoms with Gasteiger partial charge in [0.2, 0.25) is 5.88 Å². The quantitative estimate of drug-likeness (QED) is 0.427. The van der Waals surface area contributed by atoms with E-state index in [9.17, 15) is 24.6 Å². The molecule has 4 rings (SSSR count). The molecular formula is C25H24N2O6S. The smallest absolute Gasteiger partial charge is 0.309 e. The lowest BCUT2D eigenvalue weighted by atomic mass is 9.94. The van der Waals surface area contributed by atoms with E-state index in [4.69, 9.17) is 4.74 Å². The van der Waals surface area contributed by atoms with E-state index in [0.29, 0.717) is 23.4 Å². The number of fused-ring (bicyclic) bond motifs is 1. The summed E-state index contributed by atoms with van der Waals surface area (Å²) in [4.78, 5) is 43.1. The van der Waals surface area contributed by atoms with Gasteiger partial charge >= 0.3 is 5.97 Å². The normalized spacial score (nSPS) is 14.7. The average Bonchev–Trinajstić information content (AvgIpc) is 3.42. The highest BCUT2D eigenvalue weighted by atomic mass is 32.1. The number of thiophene rings is 1. The number of carboxylic acids is 1. The number of benzene rings is 1. The van der Waals surface area contributed by atoms with E-state index in [0.717, 1.165) is 20.9 Å². The van der Waals surface area contributed by atoms with Crippen LogP contribution in [0.3, 0.4) is 0 Å². The van der Waals surface area contributed by atoms with Gasteiger partial charge in [-0.25, -0.2) is 4.98 Å². The number of aliphatic hydroxyl groups excluding tert-OH is 1. The first-order chi connectivity index (χ1) is 16.4. The molecule has 0 saturated heterocycles. The van der Waals surface area contributed by atoms with Crippen molar-refractivity contribution in [3.8, 4) is 17.0 Å². The van der Waals surface area contributed by atoms with Gasteiger partial charge in [0.05, 0.1) is 30.3 Å². The number of carbonyl (C=O) groups excluding carboxylic acids is 2. The van der Waals surface area contributed by atoms with Crippen LogP contribution < -0.4 is 4.74 Å². The summed E-state index contributed by atoms with van der Waals surface area (Å²) in [6.45, 7) is -0.0615. The highest BCUT2D eigenvalue weighted by Crippen LogP contribution is 2.28. The molecule has 1 aliphatic heterocycles. The maximum Gasteiger partial charge on any atom is 0.309 e. The zero-order valence-corrected chi connectivity index (χ0v) is 19.3. The molecule has 1 aliphatic rings. The zero-order valence-electron chi connectivity index (χ0n) is 18.5. The molecule has 176 valence electrons. The molecule has 0 saturated carbocycles. The molecule has 0 bridgehead atoms. The molecule has 0 unspecified atom stereocenters. The fraction of sp³-hybridized carbons (Fsp3) is 0.280. The first-order valence-electron chi connectivity index (χ1n) is 10.8. The van der Waals surface area contributed by atoms with E-state index < -0.39 is 29.8 Å². The maximum absolute atomic E-state index is 12.5. The van der Waals surface area contributed by atoms with Crippen molar-refractivity contribution in [2.24, 2.45) is 5.92 Å². The summed E-state index contributed by atoms with van der Waals surface area (Å²) in [6, 6.07) is 12.2. The molecule has 3 aromatic rings. The Balaban J connectivity index is 1.34. The minimum atomic E-state index is -1.15. The lowest BCUT2D eigenvalue weighted by Crippen LogP contribution is -2.36. The van der Waals surface area contributed by atoms with Crippen molar-refractivity contribution in [2.75, 3.05) is 13.7 Å². The van der Waals surface area contributed by atoms with Crippen LogP contribution >= 0.6 is 11.3 Å². The number of aliphatic hydroxyl groups is 1. The molecule has 34 heavy (non-hydrogen) atoms. The SMILES string of the molecule is COc1ccc(-c2csc(CC[C@@H](O)[C@@H](CCN3C(=O)c4ccccc4C3=O)C(=O)O)c2)cn1. The van der Waals surface area contributed by atoms with E-state index in [1.165, 1.54) is 11.3 Å². The second-order valence-corrected chi connectivity index (χ2v) is 9.03. The standard InChI is InChI=1S/C25H24N2O6S/c1-33-22-9-6-15(13-26-22)16-12-17(34-14-16)7-8-21(28)20(25(31)32)10-11-27-23(29)18-4-2-3-5-19(18)24(27)30/h2-6,9,12-14,20-21,28H,7-8,10-11H2,1H3,(H,31,32)/t20-,21-/m1/s1. The third kappa shape index (κ3) is 4.85. The summed E-state index contributed by atoms with van der Waals surface area (Å²) >= 11 is 1.53. The Bertz CT molecular complexity index is 1170. The molecule has 0 aliphatic carbocycles. The molecule has 8 nitrogen and oxygen atoms in total. The third-order valence-electron chi connectivity index (χ3n) is 5.94. The van der Waals surface area contributed by atoms with Crippen molar-refractivity contribution in [3.63, 3.8) is 0 Å². The molecule has 2 N–H and O–H groups in total. The fourth-order valence-corrected chi connectivity index (χ4v) is 4.93. The monoisotopic (exact) mass is 480 g/mol. The molecule has 0 radical (unpaired) electrons.